The Morgan fingerprint density at radius 1 is 1.21 bits per heavy atom. The van der Waals surface area contributed by atoms with Crippen molar-refractivity contribution in [1.82, 2.24) is 15.1 Å². The van der Waals surface area contributed by atoms with Gasteiger partial charge in [-0.2, -0.15) is 0 Å². The van der Waals surface area contributed by atoms with Crippen molar-refractivity contribution in [3.05, 3.63) is 0 Å². The first-order chi connectivity index (χ1) is 8.75. The molecule has 1 saturated heterocycles. The van der Waals surface area contributed by atoms with Crippen molar-refractivity contribution in [2.24, 2.45) is 0 Å². The number of carbonyl (C=O) groups excluding carboxylic acids is 1. The van der Waals surface area contributed by atoms with E-state index in [1.807, 2.05) is 0 Å². The highest BCUT2D eigenvalue weighted by Gasteiger charge is 2.29. The first kappa shape index (κ1) is 15.8. The second-order valence-electron chi connectivity index (χ2n) is 5.89. The number of nitrogens with zero attached hydrogens (tertiary/aromatic N) is 2. The maximum absolute atomic E-state index is 12.0. The van der Waals surface area contributed by atoms with E-state index in [1.165, 1.54) is 0 Å². The summed E-state index contributed by atoms with van der Waals surface area (Å²) in [6.07, 6.45) is 0.392. The summed E-state index contributed by atoms with van der Waals surface area (Å²) < 4.78 is 0. The number of rotatable bonds is 3. The van der Waals surface area contributed by atoms with Crippen LogP contribution >= 0.6 is 0 Å². The monoisotopic (exact) mass is 271 g/mol. The van der Waals surface area contributed by atoms with Gasteiger partial charge >= 0.3 is 12.0 Å². The van der Waals surface area contributed by atoms with E-state index < -0.39 is 12.0 Å². The van der Waals surface area contributed by atoms with Gasteiger partial charge in [0.25, 0.3) is 0 Å². The van der Waals surface area contributed by atoms with Crippen LogP contribution < -0.4 is 5.32 Å². The number of hydrogen-bond acceptors (Lipinski definition) is 3. The van der Waals surface area contributed by atoms with Gasteiger partial charge in [-0.3, -0.25) is 4.90 Å². The fourth-order valence-corrected chi connectivity index (χ4v) is 2.16. The summed E-state index contributed by atoms with van der Waals surface area (Å²) in [5.74, 6) is -0.982. The second kappa shape index (κ2) is 6.23. The quantitative estimate of drug-likeness (QED) is 0.802. The van der Waals surface area contributed by atoms with Crippen LogP contribution in [0, 0.1) is 0 Å². The zero-order chi connectivity index (χ0) is 14.6. The predicted molar refractivity (Wildman–Crippen MR) is 73.1 cm³/mol. The summed E-state index contributed by atoms with van der Waals surface area (Å²) in [7, 11) is 0. The first-order valence-corrected chi connectivity index (χ1v) is 6.79. The van der Waals surface area contributed by atoms with Gasteiger partial charge in [0.05, 0.1) is 0 Å². The minimum absolute atomic E-state index is 0.107. The number of amides is 2. The minimum Gasteiger partial charge on any atom is -0.480 e. The highest BCUT2D eigenvalue weighted by molar-refractivity contribution is 5.82. The predicted octanol–water partition coefficient (Wildman–Crippen LogP) is 0.975. The Hall–Kier alpha value is -1.30. The highest BCUT2D eigenvalue weighted by Crippen LogP contribution is 2.15. The maximum atomic E-state index is 12.0. The van der Waals surface area contributed by atoms with Gasteiger partial charge < -0.3 is 15.3 Å². The number of carboxylic acid groups (broad SMARTS) is 1. The summed E-state index contributed by atoms with van der Waals surface area (Å²) in [4.78, 5) is 26.9. The number of piperazine rings is 1. The van der Waals surface area contributed by atoms with Crippen LogP contribution in [-0.2, 0) is 4.79 Å². The molecule has 1 fully saturated rings. The third kappa shape index (κ3) is 4.38. The van der Waals surface area contributed by atoms with Crippen LogP contribution in [0.3, 0.4) is 0 Å². The van der Waals surface area contributed by atoms with E-state index in [1.54, 1.807) is 11.8 Å². The topological polar surface area (TPSA) is 72.9 Å². The van der Waals surface area contributed by atoms with Gasteiger partial charge in [-0.15, -0.1) is 0 Å². The van der Waals surface area contributed by atoms with Crippen LogP contribution in [0.4, 0.5) is 4.79 Å². The average molecular weight is 271 g/mol. The third-order valence-corrected chi connectivity index (χ3v) is 3.52. The lowest BCUT2D eigenvalue weighted by molar-refractivity contribution is -0.139. The van der Waals surface area contributed by atoms with Crippen molar-refractivity contribution in [3.63, 3.8) is 0 Å². The molecule has 0 aromatic rings. The smallest absolute Gasteiger partial charge is 0.326 e. The molecule has 0 aliphatic carbocycles. The van der Waals surface area contributed by atoms with Crippen LogP contribution in [-0.4, -0.2) is 64.7 Å². The molecule has 19 heavy (non-hydrogen) atoms. The Bertz CT molecular complexity index is 331. The zero-order valence-corrected chi connectivity index (χ0v) is 12.3. The van der Waals surface area contributed by atoms with Crippen LogP contribution in [0.1, 0.15) is 34.1 Å². The molecule has 1 unspecified atom stereocenters. The Kier molecular flexibility index (Phi) is 5.17. The molecule has 110 valence electrons. The number of carbonyl (C=O) groups is 2. The molecule has 6 nitrogen and oxygen atoms in total. The molecule has 2 amide bonds. The Balaban J connectivity index is 2.47. The number of nitrogens with one attached hydrogen (secondary N) is 1. The van der Waals surface area contributed by atoms with Gasteiger partial charge in [0, 0.05) is 31.7 Å². The molecule has 6 heteroatoms. The van der Waals surface area contributed by atoms with Crippen molar-refractivity contribution in [2.45, 2.75) is 45.7 Å². The fraction of sp³-hybridized carbons (Fsp3) is 0.846. The van der Waals surface area contributed by atoms with Crippen molar-refractivity contribution >= 4 is 12.0 Å². The molecule has 1 rings (SSSR count). The molecule has 1 atom stereocenters. The SMILES string of the molecule is CCC(NC(=O)N1CCN(C(C)(C)C)CC1)C(=O)O. The molecule has 0 aromatic heterocycles. The molecule has 0 saturated carbocycles. The Labute approximate surface area is 114 Å². The van der Waals surface area contributed by atoms with E-state index >= 15 is 0 Å². The number of hydrogen-bond donors (Lipinski definition) is 2. The molecule has 2 N–H and O–H groups in total. The Morgan fingerprint density at radius 2 is 1.74 bits per heavy atom. The Morgan fingerprint density at radius 3 is 2.11 bits per heavy atom. The summed E-state index contributed by atoms with van der Waals surface area (Å²) in [6, 6.07) is -1.07. The zero-order valence-electron chi connectivity index (χ0n) is 12.3. The second-order valence-corrected chi connectivity index (χ2v) is 5.89. The summed E-state index contributed by atoms with van der Waals surface area (Å²) in [6.45, 7) is 11.1. The maximum Gasteiger partial charge on any atom is 0.326 e. The minimum atomic E-state index is -0.982. The lowest BCUT2D eigenvalue weighted by Gasteiger charge is -2.42. The number of carboxylic acids is 1. The molecule has 1 aliphatic heterocycles. The summed E-state index contributed by atoms with van der Waals surface area (Å²) in [5.41, 5.74) is 0.107. The van der Waals surface area contributed by atoms with Crippen molar-refractivity contribution in [2.75, 3.05) is 26.2 Å². The van der Waals surface area contributed by atoms with Crippen molar-refractivity contribution < 1.29 is 14.7 Å². The molecule has 1 heterocycles. The van der Waals surface area contributed by atoms with E-state index in [0.29, 0.717) is 19.5 Å². The van der Waals surface area contributed by atoms with Crippen molar-refractivity contribution in [3.8, 4) is 0 Å². The molecular weight excluding hydrogens is 246 g/mol. The van der Waals surface area contributed by atoms with Gasteiger partial charge in [0.2, 0.25) is 0 Å². The van der Waals surface area contributed by atoms with E-state index in [9.17, 15) is 9.59 Å². The van der Waals surface area contributed by atoms with Crippen LogP contribution in [0.2, 0.25) is 0 Å². The molecule has 0 spiro atoms. The molecule has 0 bridgehead atoms. The van der Waals surface area contributed by atoms with E-state index in [2.05, 4.69) is 31.0 Å². The van der Waals surface area contributed by atoms with Crippen LogP contribution in [0.25, 0.3) is 0 Å². The third-order valence-electron chi connectivity index (χ3n) is 3.52. The lowest BCUT2D eigenvalue weighted by Crippen LogP contribution is -2.57. The standard InChI is InChI=1S/C13H25N3O3/c1-5-10(11(17)18)14-12(19)15-6-8-16(9-7-15)13(2,3)4/h10H,5-9H2,1-4H3,(H,14,19)(H,17,18). The molecule has 1 aliphatic rings. The molecule has 0 radical (unpaired) electrons. The van der Waals surface area contributed by atoms with E-state index in [4.69, 9.17) is 5.11 Å². The number of urea groups is 1. The summed E-state index contributed by atoms with van der Waals surface area (Å²) >= 11 is 0. The fourth-order valence-electron chi connectivity index (χ4n) is 2.16. The highest BCUT2D eigenvalue weighted by atomic mass is 16.4. The molecule has 0 aromatic carbocycles. The van der Waals surface area contributed by atoms with Gasteiger partial charge in [-0.1, -0.05) is 6.92 Å². The average Bonchev–Trinajstić information content (AvgIpc) is 2.34. The normalized spacial score (nSPS) is 19.1. The van der Waals surface area contributed by atoms with Crippen LogP contribution in [0.15, 0.2) is 0 Å². The van der Waals surface area contributed by atoms with Gasteiger partial charge in [0.15, 0.2) is 0 Å². The number of aliphatic carboxylic acids is 1. The van der Waals surface area contributed by atoms with Gasteiger partial charge in [-0.25, -0.2) is 9.59 Å². The summed E-state index contributed by atoms with van der Waals surface area (Å²) in [5, 5.41) is 11.5. The van der Waals surface area contributed by atoms with Crippen molar-refractivity contribution in [1.29, 1.82) is 0 Å². The van der Waals surface area contributed by atoms with Crippen LogP contribution in [0.5, 0.6) is 0 Å². The van der Waals surface area contributed by atoms with Gasteiger partial charge in [-0.05, 0) is 27.2 Å². The largest absolute Gasteiger partial charge is 0.480 e. The first-order valence-electron chi connectivity index (χ1n) is 6.79. The van der Waals surface area contributed by atoms with E-state index in [-0.39, 0.29) is 11.6 Å². The molecular formula is C13H25N3O3. The lowest BCUT2D eigenvalue weighted by atomic mass is 10.1. The van der Waals surface area contributed by atoms with E-state index in [0.717, 1.165) is 13.1 Å². The van der Waals surface area contributed by atoms with Gasteiger partial charge in [0.1, 0.15) is 6.04 Å².